The van der Waals surface area contributed by atoms with Crippen molar-refractivity contribution >= 4 is 50.2 Å². The van der Waals surface area contributed by atoms with Gasteiger partial charge in [-0.25, -0.2) is 28.2 Å². The molecule has 0 amide bonds. The Hall–Kier alpha value is -1.98. The third kappa shape index (κ3) is 5.65. The molecule has 0 bridgehead atoms. The summed E-state index contributed by atoms with van der Waals surface area (Å²) >= 11 is 12.6. The average molecular weight is 581 g/mol. The van der Waals surface area contributed by atoms with Gasteiger partial charge in [0.1, 0.15) is 11.3 Å². The number of primary sulfonamides is 1. The van der Waals surface area contributed by atoms with Crippen molar-refractivity contribution < 1.29 is 8.42 Å². The summed E-state index contributed by atoms with van der Waals surface area (Å²) in [6.07, 6.45) is 5.57. The molecule has 3 aromatic rings. The molecular weight excluding hydrogens is 545 g/mol. The minimum Gasteiger partial charge on any atom is -0.355 e. The fourth-order valence-corrected chi connectivity index (χ4v) is 7.34. The molecule has 4 atom stereocenters. The van der Waals surface area contributed by atoms with Gasteiger partial charge in [-0.2, -0.15) is 5.10 Å². The highest BCUT2D eigenvalue weighted by molar-refractivity contribution is 7.89. The van der Waals surface area contributed by atoms with Gasteiger partial charge in [0.2, 0.25) is 10.0 Å². The van der Waals surface area contributed by atoms with Gasteiger partial charge < -0.3 is 4.90 Å². The number of halogens is 2. The van der Waals surface area contributed by atoms with Crippen LogP contribution in [0.4, 0.5) is 5.82 Å². The van der Waals surface area contributed by atoms with Crippen molar-refractivity contribution in [3.8, 4) is 0 Å². The fourth-order valence-electron chi connectivity index (χ4n) is 6.18. The van der Waals surface area contributed by atoms with E-state index < -0.39 is 10.0 Å². The molecule has 2 aliphatic heterocycles. The lowest BCUT2D eigenvalue weighted by Gasteiger charge is -2.43. The summed E-state index contributed by atoms with van der Waals surface area (Å²) in [6, 6.07) is 6.06. The van der Waals surface area contributed by atoms with Crippen molar-refractivity contribution in [1.29, 1.82) is 0 Å². The highest BCUT2D eigenvalue weighted by atomic mass is 35.5. The van der Waals surface area contributed by atoms with E-state index >= 15 is 0 Å². The number of rotatable bonds is 7. The van der Waals surface area contributed by atoms with E-state index in [2.05, 4.69) is 16.7 Å². The Morgan fingerprint density at radius 2 is 2.00 bits per heavy atom. The topological polar surface area (TPSA) is 110 Å². The summed E-state index contributed by atoms with van der Waals surface area (Å²) in [7, 11) is -3.44. The standard InChI is InChI=1S/C26H35Cl2N7O2S/c1-16-15-33(11-8-23(16)34-10-4-5-20(34)9-12-38(29,36)37)24-14-30-25-17(2)32-35(26(25)31-24)18(3)21-7-6-19(27)13-22(21)28/h6-7,13-14,16,18,20,23H,4-5,8-12,15H2,1-3H3,(H2,29,36,37)/t16-,18+,20-,23?/m0/s1. The molecule has 2 aliphatic rings. The Morgan fingerprint density at radius 3 is 2.71 bits per heavy atom. The lowest BCUT2D eigenvalue weighted by molar-refractivity contribution is 0.113. The second-order valence-electron chi connectivity index (χ2n) is 10.7. The van der Waals surface area contributed by atoms with Gasteiger partial charge in [-0.3, -0.25) is 4.90 Å². The molecule has 5 rings (SSSR count). The lowest BCUT2D eigenvalue weighted by Crippen LogP contribution is -2.52. The summed E-state index contributed by atoms with van der Waals surface area (Å²) in [5.74, 6) is 1.28. The molecule has 0 aliphatic carbocycles. The van der Waals surface area contributed by atoms with Gasteiger partial charge in [-0.1, -0.05) is 36.2 Å². The zero-order valence-corrected chi connectivity index (χ0v) is 24.3. The van der Waals surface area contributed by atoms with E-state index in [1.165, 1.54) is 0 Å². The minimum atomic E-state index is -3.44. The van der Waals surface area contributed by atoms with E-state index in [-0.39, 0.29) is 17.8 Å². The molecule has 206 valence electrons. The molecule has 2 N–H and O–H groups in total. The smallest absolute Gasteiger partial charge is 0.209 e. The highest BCUT2D eigenvalue weighted by Gasteiger charge is 2.37. The molecule has 9 nitrogen and oxygen atoms in total. The third-order valence-corrected chi connectivity index (χ3v) is 9.47. The van der Waals surface area contributed by atoms with Gasteiger partial charge in [0, 0.05) is 35.2 Å². The lowest BCUT2D eigenvalue weighted by atomic mass is 9.91. The van der Waals surface area contributed by atoms with Crippen molar-refractivity contribution in [2.45, 2.75) is 64.6 Å². The van der Waals surface area contributed by atoms with Gasteiger partial charge in [0.15, 0.2) is 5.65 Å². The zero-order valence-electron chi connectivity index (χ0n) is 22.0. The van der Waals surface area contributed by atoms with Crippen LogP contribution in [0.25, 0.3) is 11.2 Å². The van der Waals surface area contributed by atoms with Crippen LogP contribution >= 0.6 is 23.2 Å². The van der Waals surface area contributed by atoms with Crippen LogP contribution in [-0.2, 0) is 10.0 Å². The summed E-state index contributed by atoms with van der Waals surface area (Å²) in [6.45, 7) is 9.00. The maximum Gasteiger partial charge on any atom is 0.209 e. The largest absolute Gasteiger partial charge is 0.355 e. The van der Waals surface area contributed by atoms with Crippen LogP contribution in [-0.4, -0.2) is 70.5 Å². The van der Waals surface area contributed by atoms with E-state index in [0.29, 0.717) is 28.4 Å². The molecule has 1 aromatic carbocycles. The van der Waals surface area contributed by atoms with Crippen LogP contribution in [0.15, 0.2) is 24.4 Å². The van der Waals surface area contributed by atoms with Gasteiger partial charge in [0.05, 0.1) is 23.7 Å². The van der Waals surface area contributed by atoms with Crippen LogP contribution in [0, 0.1) is 12.8 Å². The normalized spacial score (nSPS) is 23.8. The molecule has 12 heteroatoms. The molecule has 0 spiro atoms. The van der Waals surface area contributed by atoms with Crippen LogP contribution in [0.3, 0.4) is 0 Å². The van der Waals surface area contributed by atoms with Crippen molar-refractivity contribution in [3.05, 3.63) is 45.7 Å². The maximum atomic E-state index is 11.5. The van der Waals surface area contributed by atoms with Crippen LogP contribution in [0.1, 0.15) is 56.8 Å². The molecule has 1 unspecified atom stereocenters. The molecule has 2 aromatic heterocycles. The predicted molar refractivity (Wildman–Crippen MR) is 152 cm³/mol. The van der Waals surface area contributed by atoms with E-state index in [4.69, 9.17) is 43.4 Å². The van der Waals surface area contributed by atoms with E-state index in [1.807, 2.05) is 36.9 Å². The number of likely N-dealkylation sites (tertiary alicyclic amines) is 1. The van der Waals surface area contributed by atoms with Gasteiger partial charge in [0.25, 0.3) is 0 Å². The second kappa shape index (κ2) is 10.9. The van der Waals surface area contributed by atoms with Crippen molar-refractivity contribution in [2.75, 3.05) is 30.3 Å². The minimum absolute atomic E-state index is 0.0454. The molecule has 0 saturated carbocycles. The van der Waals surface area contributed by atoms with Gasteiger partial charge >= 0.3 is 0 Å². The maximum absolute atomic E-state index is 11.5. The first-order chi connectivity index (χ1) is 18.0. The Balaban J connectivity index is 1.35. The second-order valence-corrected chi connectivity index (χ2v) is 13.3. The first kappa shape index (κ1) is 27.6. The third-order valence-electron chi connectivity index (χ3n) is 8.11. The monoisotopic (exact) mass is 579 g/mol. The molecule has 2 fully saturated rings. The predicted octanol–water partition coefficient (Wildman–Crippen LogP) is 4.41. The number of nitrogens with two attached hydrogens (primary N) is 1. The Morgan fingerprint density at radius 1 is 1.21 bits per heavy atom. The number of hydrogen-bond acceptors (Lipinski definition) is 7. The van der Waals surface area contributed by atoms with Crippen molar-refractivity contribution in [3.63, 3.8) is 0 Å². The van der Waals surface area contributed by atoms with E-state index in [9.17, 15) is 8.42 Å². The van der Waals surface area contributed by atoms with Gasteiger partial charge in [-0.05, 0) is 69.7 Å². The van der Waals surface area contributed by atoms with Crippen LogP contribution in [0.5, 0.6) is 0 Å². The number of sulfonamides is 1. The summed E-state index contributed by atoms with van der Waals surface area (Å²) < 4.78 is 25.0. The van der Waals surface area contributed by atoms with Crippen LogP contribution in [0.2, 0.25) is 10.0 Å². The SMILES string of the molecule is Cc1nn([C@H](C)c2ccc(Cl)cc2Cl)c2nc(N3CCC(N4CCC[C@H]4CCS(N)(=O)=O)[C@@H](C)C3)cnc12. The molecule has 4 heterocycles. The molecule has 0 radical (unpaired) electrons. The average Bonchev–Trinajstić information content (AvgIpc) is 3.46. The number of piperidine rings is 1. The Bertz CT molecular complexity index is 1430. The summed E-state index contributed by atoms with van der Waals surface area (Å²) in [5.41, 5.74) is 3.26. The quantitative estimate of drug-likeness (QED) is 0.441. The number of fused-ring (bicyclic) bond motifs is 1. The first-order valence-electron chi connectivity index (χ1n) is 13.2. The number of hydrogen-bond donors (Lipinski definition) is 1. The van der Waals surface area contributed by atoms with Crippen molar-refractivity contribution in [1.82, 2.24) is 24.6 Å². The Kier molecular flexibility index (Phi) is 7.90. The number of aryl methyl sites for hydroxylation is 1. The van der Waals surface area contributed by atoms with Crippen LogP contribution < -0.4 is 10.0 Å². The Labute approximate surface area is 234 Å². The van der Waals surface area contributed by atoms with Crippen molar-refractivity contribution in [2.24, 2.45) is 11.1 Å². The molecule has 38 heavy (non-hydrogen) atoms. The summed E-state index contributed by atoms with van der Waals surface area (Å²) in [5, 5.41) is 11.2. The number of nitrogens with zero attached hydrogens (tertiary/aromatic N) is 6. The van der Waals surface area contributed by atoms with Gasteiger partial charge in [-0.15, -0.1) is 0 Å². The number of aromatic nitrogens is 4. The molecule has 2 saturated heterocycles. The highest BCUT2D eigenvalue weighted by Crippen LogP contribution is 2.34. The summed E-state index contributed by atoms with van der Waals surface area (Å²) in [4.78, 5) is 14.6. The molecular formula is C26H35Cl2N7O2S. The van der Waals surface area contributed by atoms with E-state index in [0.717, 1.165) is 67.1 Å². The van der Waals surface area contributed by atoms with E-state index in [1.54, 1.807) is 6.07 Å². The number of anilines is 1. The fraction of sp³-hybridized carbons (Fsp3) is 0.577. The zero-order chi connectivity index (χ0) is 27.2. The number of benzene rings is 1. The first-order valence-corrected chi connectivity index (χ1v) is 15.7.